The van der Waals surface area contributed by atoms with Crippen LogP contribution in [0.1, 0.15) is 48.5 Å². The van der Waals surface area contributed by atoms with Gasteiger partial charge in [-0.1, -0.05) is 17.3 Å². The summed E-state index contributed by atoms with van der Waals surface area (Å²) in [4.78, 5) is 0. The highest BCUT2D eigenvalue weighted by Crippen LogP contribution is 2.26. The van der Waals surface area contributed by atoms with Crippen molar-refractivity contribution in [3.05, 3.63) is 52.4 Å². The Hall–Kier alpha value is -1.75. The predicted octanol–water partition coefficient (Wildman–Crippen LogP) is 3.98. The number of halogens is 2. The van der Waals surface area contributed by atoms with Crippen molar-refractivity contribution in [2.45, 2.75) is 39.8 Å². The van der Waals surface area contributed by atoms with Crippen molar-refractivity contribution in [2.75, 3.05) is 0 Å². The van der Waals surface area contributed by atoms with Gasteiger partial charge in [-0.2, -0.15) is 0 Å². The van der Waals surface area contributed by atoms with Gasteiger partial charge in [0, 0.05) is 23.2 Å². The molecule has 0 spiro atoms. The summed E-state index contributed by atoms with van der Waals surface area (Å²) >= 11 is 0. The Labute approximate surface area is 117 Å². The Morgan fingerprint density at radius 1 is 1.15 bits per heavy atom. The van der Waals surface area contributed by atoms with Crippen molar-refractivity contribution in [1.82, 2.24) is 10.5 Å². The Morgan fingerprint density at radius 3 is 2.45 bits per heavy atom. The molecule has 0 amide bonds. The minimum Gasteiger partial charge on any atom is -0.361 e. The van der Waals surface area contributed by atoms with Crippen molar-refractivity contribution < 1.29 is 13.3 Å². The summed E-state index contributed by atoms with van der Waals surface area (Å²) in [5.41, 5.74) is 2.06. The number of nitrogens with zero attached hydrogens (tertiary/aromatic N) is 1. The average molecular weight is 280 g/mol. The Balaban J connectivity index is 2.19. The van der Waals surface area contributed by atoms with Gasteiger partial charge in [-0.25, -0.2) is 8.78 Å². The van der Waals surface area contributed by atoms with E-state index in [1.807, 2.05) is 20.8 Å². The molecule has 0 radical (unpaired) electrons. The molecule has 0 saturated carbocycles. The van der Waals surface area contributed by atoms with Gasteiger partial charge in [0.25, 0.3) is 0 Å². The van der Waals surface area contributed by atoms with Gasteiger partial charge < -0.3 is 9.84 Å². The number of aromatic nitrogens is 1. The minimum atomic E-state index is -0.832. The summed E-state index contributed by atoms with van der Waals surface area (Å²) in [5.74, 6) is -0.908. The quantitative estimate of drug-likeness (QED) is 0.920. The smallest absolute Gasteiger partial charge is 0.163 e. The highest BCUT2D eigenvalue weighted by molar-refractivity contribution is 5.26. The molecule has 2 atom stereocenters. The summed E-state index contributed by atoms with van der Waals surface area (Å²) in [5, 5.41) is 7.14. The first-order chi connectivity index (χ1) is 9.41. The molecule has 5 heteroatoms. The molecule has 108 valence electrons. The molecule has 0 aliphatic rings. The SMILES string of the molecule is Cc1noc(C)c1C(C)NC(C)c1cccc(F)c1F. The molecule has 0 fully saturated rings. The lowest BCUT2D eigenvalue weighted by atomic mass is 10.0. The number of nitrogens with one attached hydrogen (secondary N) is 1. The van der Waals surface area contributed by atoms with E-state index in [1.165, 1.54) is 6.07 Å². The van der Waals surface area contributed by atoms with Gasteiger partial charge in [0.15, 0.2) is 11.6 Å². The van der Waals surface area contributed by atoms with E-state index in [0.717, 1.165) is 23.1 Å². The van der Waals surface area contributed by atoms with Crippen LogP contribution in [0.5, 0.6) is 0 Å². The van der Waals surface area contributed by atoms with Crippen molar-refractivity contribution in [3.63, 3.8) is 0 Å². The van der Waals surface area contributed by atoms with Gasteiger partial charge in [0.1, 0.15) is 5.76 Å². The molecular weight excluding hydrogens is 262 g/mol. The number of benzene rings is 1. The fourth-order valence-electron chi connectivity index (χ4n) is 2.51. The number of aryl methyl sites for hydroxylation is 2. The van der Waals surface area contributed by atoms with Crippen molar-refractivity contribution >= 4 is 0 Å². The first-order valence-electron chi connectivity index (χ1n) is 6.54. The highest BCUT2D eigenvalue weighted by atomic mass is 19.2. The molecule has 0 bridgehead atoms. The molecule has 1 heterocycles. The minimum absolute atomic E-state index is 0.0704. The molecule has 20 heavy (non-hydrogen) atoms. The maximum absolute atomic E-state index is 13.8. The molecule has 0 saturated heterocycles. The number of hydrogen-bond acceptors (Lipinski definition) is 3. The third-order valence-corrected chi connectivity index (χ3v) is 3.47. The third-order valence-electron chi connectivity index (χ3n) is 3.47. The number of hydrogen-bond donors (Lipinski definition) is 1. The van der Waals surface area contributed by atoms with Gasteiger partial charge in [0.2, 0.25) is 0 Å². The maximum atomic E-state index is 13.8. The molecule has 0 aliphatic carbocycles. The van der Waals surface area contributed by atoms with Gasteiger partial charge in [-0.05, 0) is 33.8 Å². The highest BCUT2D eigenvalue weighted by Gasteiger charge is 2.20. The molecular formula is C15H18F2N2O. The second-order valence-electron chi connectivity index (χ2n) is 4.99. The van der Waals surface area contributed by atoms with E-state index in [1.54, 1.807) is 13.0 Å². The monoisotopic (exact) mass is 280 g/mol. The van der Waals surface area contributed by atoms with Crippen molar-refractivity contribution in [2.24, 2.45) is 0 Å². The Kier molecular flexibility index (Phi) is 4.18. The molecule has 1 aromatic carbocycles. The van der Waals surface area contributed by atoms with Crippen LogP contribution in [0.15, 0.2) is 22.7 Å². The largest absolute Gasteiger partial charge is 0.361 e. The summed E-state index contributed by atoms with van der Waals surface area (Å²) in [6, 6.07) is 3.81. The maximum Gasteiger partial charge on any atom is 0.163 e. The normalized spacial score (nSPS) is 14.3. The van der Waals surface area contributed by atoms with Crippen LogP contribution in [-0.2, 0) is 0 Å². The molecule has 0 aliphatic heterocycles. The van der Waals surface area contributed by atoms with Crippen LogP contribution in [0, 0.1) is 25.5 Å². The Morgan fingerprint density at radius 2 is 1.85 bits per heavy atom. The zero-order valence-corrected chi connectivity index (χ0v) is 12.0. The molecule has 2 unspecified atom stereocenters. The van der Waals surface area contributed by atoms with E-state index in [-0.39, 0.29) is 12.1 Å². The first kappa shape index (κ1) is 14.7. The molecule has 2 aromatic rings. The molecule has 2 rings (SSSR count). The zero-order valence-electron chi connectivity index (χ0n) is 12.0. The fraction of sp³-hybridized carbons (Fsp3) is 0.400. The topological polar surface area (TPSA) is 38.1 Å². The lowest BCUT2D eigenvalue weighted by molar-refractivity contribution is 0.389. The van der Waals surface area contributed by atoms with E-state index in [9.17, 15) is 8.78 Å². The summed E-state index contributed by atoms with van der Waals surface area (Å²) in [7, 11) is 0. The van der Waals surface area contributed by atoms with E-state index >= 15 is 0 Å². The summed E-state index contributed by atoms with van der Waals surface area (Å²) in [6.45, 7) is 7.44. The second-order valence-corrected chi connectivity index (χ2v) is 4.99. The Bertz CT molecular complexity index is 590. The van der Waals surface area contributed by atoms with E-state index in [0.29, 0.717) is 5.56 Å². The van der Waals surface area contributed by atoms with Crippen LogP contribution < -0.4 is 5.32 Å². The fourth-order valence-corrected chi connectivity index (χ4v) is 2.51. The van der Waals surface area contributed by atoms with E-state index < -0.39 is 11.6 Å². The van der Waals surface area contributed by atoms with Crippen LogP contribution in [0.3, 0.4) is 0 Å². The molecule has 1 aromatic heterocycles. The van der Waals surface area contributed by atoms with Crippen molar-refractivity contribution in [3.8, 4) is 0 Å². The summed E-state index contributed by atoms with van der Waals surface area (Å²) in [6.07, 6.45) is 0. The van der Waals surface area contributed by atoms with Gasteiger partial charge >= 0.3 is 0 Å². The van der Waals surface area contributed by atoms with Gasteiger partial charge in [-0.3, -0.25) is 0 Å². The second kappa shape index (κ2) is 5.71. The van der Waals surface area contributed by atoms with Crippen LogP contribution >= 0.6 is 0 Å². The van der Waals surface area contributed by atoms with Crippen molar-refractivity contribution in [1.29, 1.82) is 0 Å². The predicted molar refractivity (Wildman–Crippen MR) is 72.3 cm³/mol. The molecule has 1 N–H and O–H groups in total. The van der Waals surface area contributed by atoms with Crippen LogP contribution in [0.4, 0.5) is 8.78 Å². The van der Waals surface area contributed by atoms with Crippen LogP contribution in [0.25, 0.3) is 0 Å². The van der Waals surface area contributed by atoms with Gasteiger partial charge in [0.05, 0.1) is 5.69 Å². The third kappa shape index (κ3) is 2.72. The van der Waals surface area contributed by atoms with Gasteiger partial charge in [-0.15, -0.1) is 0 Å². The lowest BCUT2D eigenvalue weighted by Crippen LogP contribution is -2.24. The standard InChI is InChI=1S/C15H18F2N2O/c1-8(12-6-5-7-13(16)15(12)17)18-9(2)14-10(3)19-20-11(14)4/h5-9,18H,1-4H3. The zero-order chi connectivity index (χ0) is 14.9. The summed E-state index contributed by atoms with van der Waals surface area (Å²) < 4.78 is 32.1. The van der Waals surface area contributed by atoms with E-state index in [4.69, 9.17) is 4.52 Å². The first-order valence-corrected chi connectivity index (χ1v) is 6.54. The average Bonchev–Trinajstić information content (AvgIpc) is 2.72. The van der Waals surface area contributed by atoms with Crippen LogP contribution in [-0.4, -0.2) is 5.16 Å². The number of rotatable bonds is 4. The van der Waals surface area contributed by atoms with E-state index in [2.05, 4.69) is 10.5 Å². The van der Waals surface area contributed by atoms with Crippen LogP contribution in [0.2, 0.25) is 0 Å². The lowest BCUT2D eigenvalue weighted by Gasteiger charge is -2.21. The molecule has 3 nitrogen and oxygen atoms in total.